The van der Waals surface area contributed by atoms with Crippen molar-refractivity contribution in [2.45, 2.75) is 6.92 Å². The Bertz CT molecular complexity index is 668. The van der Waals surface area contributed by atoms with Crippen LogP contribution >= 0.6 is 22.9 Å². The minimum absolute atomic E-state index is 0.0802. The van der Waals surface area contributed by atoms with Crippen LogP contribution in [-0.4, -0.2) is 17.3 Å². The minimum Gasteiger partial charge on any atom is -0.478 e. The first kappa shape index (κ1) is 14.5. The van der Waals surface area contributed by atoms with Gasteiger partial charge in [-0.05, 0) is 30.7 Å². The molecule has 5 nitrogen and oxygen atoms in total. The summed E-state index contributed by atoms with van der Waals surface area (Å²) in [5.74, 6) is -0.187. The Morgan fingerprint density at radius 1 is 1.40 bits per heavy atom. The highest BCUT2D eigenvalue weighted by Crippen LogP contribution is 2.28. The van der Waals surface area contributed by atoms with Crippen LogP contribution in [0.5, 0.6) is 5.75 Å². The molecule has 0 unspecified atom stereocenters. The number of aryl methyl sites for hydroxylation is 1. The Labute approximate surface area is 123 Å². The zero-order valence-electron chi connectivity index (χ0n) is 10.5. The second kappa shape index (κ2) is 6.02. The van der Waals surface area contributed by atoms with E-state index in [4.69, 9.17) is 16.3 Å². The minimum atomic E-state index is -0.533. The fourth-order valence-electron chi connectivity index (χ4n) is 1.57. The Morgan fingerprint density at radius 2 is 2.15 bits per heavy atom. The predicted molar refractivity (Wildman–Crippen MR) is 77.0 cm³/mol. The van der Waals surface area contributed by atoms with Gasteiger partial charge in [0.05, 0.1) is 14.1 Å². The lowest BCUT2D eigenvalue weighted by molar-refractivity contribution is -0.385. The second-order valence-corrected chi connectivity index (χ2v) is 5.76. The molecule has 0 N–H and O–H groups in total. The van der Waals surface area contributed by atoms with E-state index in [0.29, 0.717) is 9.21 Å². The molecule has 0 aliphatic heterocycles. The molecule has 0 amide bonds. The van der Waals surface area contributed by atoms with Crippen molar-refractivity contribution in [3.63, 3.8) is 0 Å². The van der Waals surface area contributed by atoms with E-state index in [0.717, 1.165) is 16.9 Å². The van der Waals surface area contributed by atoms with Crippen molar-refractivity contribution in [2.75, 3.05) is 6.61 Å². The molecule has 0 fully saturated rings. The topological polar surface area (TPSA) is 69.4 Å². The smallest absolute Gasteiger partial charge is 0.311 e. The largest absolute Gasteiger partial charge is 0.478 e. The van der Waals surface area contributed by atoms with Crippen LogP contribution in [0.3, 0.4) is 0 Å². The van der Waals surface area contributed by atoms with Gasteiger partial charge in [-0.3, -0.25) is 14.9 Å². The molecule has 0 saturated carbocycles. The van der Waals surface area contributed by atoms with Gasteiger partial charge in [0, 0.05) is 6.07 Å². The highest BCUT2D eigenvalue weighted by molar-refractivity contribution is 7.18. The maximum Gasteiger partial charge on any atom is 0.311 e. The van der Waals surface area contributed by atoms with Crippen molar-refractivity contribution in [3.05, 3.63) is 55.2 Å². The molecule has 104 valence electrons. The molecule has 0 atom stereocenters. The molecule has 0 radical (unpaired) electrons. The highest BCUT2D eigenvalue weighted by Gasteiger charge is 2.17. The number of hydrogen-bond donors (Lipinski definition) is 0. The zero-order chi connectivity index (χ0) is 14.7. The lowest BCUT2D eigenvalue weighted by Gasteiger charge is -2.06. The number of carbonyl (C=O) groups is 1. The van der Waals surface area contributed by atoms with Gasteiger partial charge in [0.25, 0.3) is 0 Å². The van der Waals surface area contributed by atoms with Crippen LogP contribution in [0.25, 0.3) is 0 Å². The fraction of sp³-hybridized carbons (Fsp3) is 0.154. The van der Waals surface area contributed by atoms with Gasteiger partial charge in [-0.2, -0.15) is 0 Å². The molecule has 2 rings (SSSR count). The first-order valence-electron chi connectivity index (χ1n) is 5.64. The number of carbonyl (C=O) groups excluding carboxylic acids is 1. The molecular formula is C13H10ClNO4S. The van der Waals surface area contributed by atoms with Crippen molar-refractivity contribution in [2.24, 2.45) is 0 Å². The number of rotatable bonds is 5. The first-order valence-corrected chi connectivity index (χ1v) is 6.83. The molecule has 0 aliphatic rings. The van der Waals surface area contributed by atoms with Crippen LogP contribution in [0.2, 0.25) is 4.34 Å². The Kier molecular flexibility index (Phi) is 4.36. The summed E-state index contributed by atoms with van der Waals surface area (Å²) in [6, 6.07) is 7.80. The zero-order valence-corrected chi connectivity index (χ0v) is 12.0. The number of hydrogen-bond acceptors (Lipinski definition) is 5. The normalized spacial score (nSPS) is 10.3. The van der Waals surface area contributed by atoms with Gasteiger partial charge in [-0.15, -0.1) is 11.3 Å². The maximum absolute atomic E-state index is 11.8. The number of Topliss-reactive ketones (excluding diaryl/α,β-unsaturated/α-hetero) is 1. The van der Waals surface area contributed by atoms with E-state index in [9.17, 15) is 14.9 Å². The van der Waals surface area contributed by atoms with Crippen LogP contribution in [0.1, 0.15) is 15.2 Å². The third-order valence-corrected chi connectivity index (χ3v) is 3.79. The van der Waals surface area contributed by atoms with E-state index in [1.807, 2.05) is 0 Å². The number of halogens is 1. The van der Waals surface area contributed by atoms with Crippen LogP contribution in [0.15, 0.2) is 30.3 Å². The molecule has 1 aromatic carbocycles. The quantitative estimate of drug-likeness (QED) is 0.477. The summed E-state index contributed by atoms with van der Waals surface area (Å²) in [7, 11) is 0. The fourth-order valence-corrected chi connectivity index (χ4v) is 2.54. The molecule has 7 heteroatoms. The van der Waals surface area contributed by atoms with Crippen molar-refractivity contribution in [3.8, 4) is 5.75 Å². The van der Waals surface area contributed by atoms with Crippen molar-refractivity contribution < 1.29 is 14.5 Å². The average molecular weight is 312 g/mol. The third-order valence-electron chi connectivity index (χ3n) is 2.52. The van der Waals surface area contributed by atoms with Gasteiger partial charge in [-0.1, -0.05) is 17.7 Å². The molecule has 0 aliphatic carbocycles. The molecule has 2 aromatic rings. The van der Waals surface area contributed by atoms with E-state index in [-0.39, 0.29) is 23.8 Å². The highest BCUT2D eigenvalue weighted by atomic mass is 35.5. The molecular weight excluding hydrogens is 302 g/mol. The van der Waals surface area contributed by atoms with Gasteiger partial charge in [0.2, 0.25) is 5.78 Å². The van der Waals surface area contributed by atoms with Gasteiger partial charge < -0.3 is 4.74 Å². The summed E-state index contributed by atoms with van der Waals surface area (Å²) in [4.78, 5) is 22.7. The van der Waals surface area contributed by atoms with E-state index >= 15 is 0 Å². The van der Waals surface area contributed by atoms with E-state index in [1.54, 1.807) is 25.1 Å². The second-order valence-electron chi connectivity index (χ2n) is 4.04. The molecule has 20 heavy (non-hydrogen) atoms. The number of nitrogens with zero attached hydrogens (tertiary/aromatic N) is 1. The summed E-state index contributed by atoms with van der Waals surface area (Å²) in [6.45, 7) is 1.48. The van der Waals surface area contributed by atoms with Crippen LogP contribution in [-0.2, 0) is 0 Å². The summed E-state index contributed by atoms with van der Waals surface area (Å²) in [5.41, 5.74) is 0.599. The molecule has 1 aromatic heterocycles. The summed E-state index contributed by atoms with van der Waals surface area (Å²) in [6.07, 6.45) is 0. The lowest BCUT2D eigenvalue weighted by atomic mass is 10.2. The van der Waals surface area contributed by atoms with Gasteiger partial charge in [0.1, 0.15) is 0 Å². The predicted octanol–water partition coefficient (Wildman–Crippen LogP) is 3.88. The Hall–Kier alpha value is -1.92. The number of benzene rings is 1. The Balaban J connectivity index is 2.11. The van der Waals surface area contributed by atoms with Crippen LogP contribution in [0.4, 0.5) is 5.69 Å². The number of nitro groups is 1. The summed E-state index contributed by atoms with van der Waals surface area (Å²) < 4.78 is 5.76. The van der Waals surface area contributed by atoms with E-state index in [1.165, 1.54) is 12.1 Å². The van der Waals surface area contributed by atoms with Crippen LogP contribution in [0, 0.1) is 17.0 Å². The number of nitro benzene ring substituents is 1. The van der Waals surface area contributed by atoms with Crippen molar-refractivity contribution in [1.82, 2.24) is 0 Å². The SMILES string of the molecule is Cc1ccc(OCC(=O)c2ccc(Cl)s2)c([N+](=O)[O-])c1. The monoisotopic (exact) mass is 311 g/mol. The maximum atomic E-state index is 11.8. The van der Waals surface area contributed by atoms with E-state index < -0.39 is 4.92 Å². The van der Waals surface area contributed by atoms with E-state index in [2.05, 4.69) is 0 Å². The van der Waals surface area contributed by atoms with Gasteiger partial charge >= 0.3 is 5.69 Å². The molecule has 1 heterocycles. The number of ketones is 1. The lowest BCUT2D eigenvalue weighted by Crippen LogP contribution is -2.11. The van der Waals surface area contributed by atoms with Gasteiger partial charge in [-0.25, -0.2) is 0 Å². The number of ether oxygens (including phenoxy) is 1. The summed E-state index contributed by atoms with van der Waals surface area (Å²) in [5, 5.41) is 10.9. The standard InChI is InChI=1S/C13H10ClNO4S/c1-8-2-3-11(9(6-8)15(17)18)19-7-10(16)12-4-5-13(14)20-12/h2-6H,7H2,1H3. The van der Waals surface area contributed by atoms with Crippen molar-refractivity contribution >= 4 is 34.4 Å². The van der Waals surface area contributed by atoms with Crippen LogP contribution < -0.4 is 4.74 Å². The summed E-state index contributed by atoms with van der Waals surface area (Å²) >= 11 is 6.89. The first-order chi connectivity index (χ1) is 9.47. The molecule has 0 spiro atoms. The number of thiophene rings is 1. The van der Waals surface area contributed by atoms with Gasteiger partial charge in [0.15, 0.2) is 12.4 Å². The Morgan fingerprint density at radius 3 is 2.75 bits per heavy atom. The average Bonchev–Trinajstić information content (AvgIpc) is 2.83. The van der Waals surface area contributed by atoms with Crippen molar-refractivity contribution in [1.29, 1.82) is 0 Å². The molecule has 0 bridgehead atoms. The third kappa shape index (κ3) is 3.34. The molecule has 0 saturated heterocycles.